The van der Waals surface area contributed by atoms with Gasteiger partial charge in [-0.1, -0.05) is 25.0 Å². The molecule has 1 amide bonds. The molecule has 7 heteroatoms. The van der Waals surface area contributed by atoms with Gasteiger partial charge in [0.2, 0.25) is 5.88 Å². The number of hydrogen-bond donors (Lipinski definition) is 1. The standard InChI is InChI=1S/C20H25N3O4/c1-25-15-8-6-14(7-9-15)20(10-4-5-11-20)13-21-18(24)16-12-17(26-2)23-19(22-16)27-3/h6-9,12H,4-5,10-11,13H2,1-3H3,(H,21,24). The van der Waals surface area contributed by atoms with E-state index in [-0.39, 0.29) is 28.9 Å². The number of nitrogens with zero attached hydrogens (tertiary/aromatic N) is 2. The maximum absolute atomic E-state index is 12.7. The lowest BCUT2D eigenvalue weighted by molar-refractivity contribution is 0.0936. The zero-order valence-corrected chi connectivity index (χ0v) is 15.9. The Morgan fingerprint density at radius 2 is 1.74 bits per heavy atom. The van der Waals surface area contributed by atoms with Gasteiger partial charge < -0.3 is 19.5 Å². The maximum Gasteiger partial charge on any atom is 0.320 e. The number of benzene rings is 1. The van der Waals surface area contributed by atoms with Crippen LogP contribution in [0.4, 0.5) is 0 Å². The summed E-state index contributed by atoms with van der Waals surface area (Å²) in [6, 6.07) is 9.73. The molecule has 0 radical (unpaired) electrons. The predicted octanol–water partition coefficient (Wildman–Crippen LogP) is 2.74. The fourth-order valence-corrected chi connectivity index (χ4v) is 3.62. The molecule has 0 saturated heterocycles. The molecule has 1 heterocycles. The van der Waals surface area contributed by atoms with Gasteiger partial charge in [0.05, 0.1) is 21.3 Å². The highest BCUT2D eigenvalue weighted by atomic mass is 16.5. The molecule has 0 bridgehead atoms. The van der Waals surface area contributed by atoms with Gasteiger partial charge in [-0.3, -0.25) is 4.79 Å². The molecule has 144 valence electrons. The molecule has 1 aliphatic rings. The fraction of sp³-hybridized carbons (Fsp3) is 0.450. The van der Waals surface area contributed by atoms with E-state index in [9.17, 15) is 4.79 Å². The molecule has 1 aromatic heterocycles. The minimum atomic E-state index is -0.270. The van der Waals surface area contributed by atoms with E-state index in [1.54, 1.807) is 7.11 Å². The number of rotatable bonds is 7. The first-order chi connectivity index (χ1) is 13.1. The van der Waals surface area contributed by atoms with Crippen LogP contribution >= 0.6 is 0 Å². The summed E-state index contributed by atoms with van der Waals surface area (Å²) in [4.78, 5) is 20.8. The summed E-state index contributed by atoms with van der Waals surface area (Å²) in [6.45, 7) is 0.548. The molecule has 2 aromatic rings. The van der Waals surface area contributed by atoms with Gasteiger partial charge in [-0.2, -0.15) is 9.97 Å². The van der Waals surface area contributed by atoms with Gasteiger partial charge in [-0.25, -0.2) is 0 Å². The molecule has 7 nitrogen and oxygen atoms in total. The van der Waals surface area contributed by atoms with Gasteiger partial charge in [-0.15, -0.1) is 0 Å². The largest absolute Gasteiger partial charge is 0.497 e. The van der Waals surface area contributed by atoms with Gasteiger partial charge in [0.1, 0.15) is 11.4 Å². The number of ether oxygens (including phenoxy) is 3. The van der Waals surface area contributed by atoms with Gasteiger partial charge in [-0.05, 0) is 30.5 Å². The van der Waals surface area contributed by atoms with Crippen LogP contribution in [0.1, 0.15) is 41.7 Å². The Morgan fingerprint density at radius 3 is 2.33 bits per heavy atom. The molecule has 1 fully saturated rings. The third-order valence-electron chi connectivity index (χ3n) is 5.16. The Balaban J connectivity index is 1.77. The highest BCUT2D eigenvalue weighted by Gasteiger charge is 2.36. The minimum absolute atomic E-state index is 0.0663. The van der Waals surface area contributed by atoms with Crippen LogP contribution in [-0.4, -0.2) is 43.7 Å². The van der Waals surface area contributed by atoms with Gasteiger partial charge >= 0.3 is 6.01 Å². The van der Waals surface area contributed by atoms with Gasteiger partial charge in [0.25, 0.3) is 5.91 Å². The Morgan fingerprint density at radius 1 is 1.04 bits per heavy atom. The van der Waals surface area contributed by atoms with Crippen LogP contribution in [-0.2, 0) is 5.41 Å². The van der Waals surface area contributed by atoms with Crippen LogP contribution in [0.2, 0.25) is 0 Å². The smallest absolute Gasteiger partial charge is 0.320 e. The van der Waals surface area contributed by atoms with Crippen molar-refractivity contribution in [2.75, 3.05) is 27.9 Å². The van der Waals surface area contributed by atoms with E-state index in [0.717, 1.165) is 31.4 Å². The van der Waals surface area contributed by atoms with Crippen LogP contribution in [0.15, 0.2) is 30.3 Å². The van der Waals surface area contributed by atoms with Crippen LogP contribution < -0.4 is 19.5 Å². The van der Waals surface area contributed by atoms with E-state index in [1.165, 1.54) is 25.8 Å². The van der Waals surface area contributed by atoms with Crippen molar-refractivity contribution >= 4 is 5.91 Å². The van der Waals surface area contributed by atoms with Crippen LogP contribution in [0, 0.1) is 0 Å². The molecule has 0 aliphatic heterocycles. The van der Waals surface area contributed by atoms with E-state index in [4.69, 9.17) is 14.2 Å². The van der Waals surface area contributed by atoms with E-state index in [0.29, 0.717) is 6.54 Å². The third-order valence-corrected chi connectivity index (χ3v) is 5.16. The van der Waals surface area contributed by atoms with Crippen molar-refractivity contribution in [3.63, 3.8) is 0 Å². The second kappa shape index (κ2) is 8.24. The van der Waals surface area contributed by atoms with Crippen molar-refractivity contribution < 1.29 is 19.0 Å². The van der Waals surface area contributed by atoms with Crippen molar-refractivity contribution in [1.29, 1.82) is 0 Å². The lowest BCUT2D eigenvalue weighted by atomic mass is 9.78. The number of aromatic nitrogens is 2. The molecular formula is C20H25N3O4. The molecular weight excluding hydrogens is 346 g/mol. The third kappa shape index (κ3) is 4.13. The zero-order chi connectivity index (χ0) is 19.3. The van der Waals surface area contributed by atoms with Crippen molar-refractivity contribution in [2.45, 2.75) is 31.1 Å². The Bertz CT molecular complexity index is 764. The van der Waals surface area contributed by atoms with E-state index >= 15 is 0 Å². The van der Waals surface area contributed by atoms with Crippen molar-refractivity contribution in [1.82, 2.24) is 15.3 Å². The summed E-state index contributed by atoms with van der Waals surface area (Å²) in [5.74, 6) is 0.850. The van der Waals surface area contributed by atoms with Crippen LogP contribution in [0.25, 0.3) is 0 Å². The van der Waals surface area contributed by atoms with E-state index in [2.05, 4.69) is 27.4 Å². The molecule has 0 unspecified atom stereocenters. The van der Waals surface area contributed by atoms with Crippen molar-refractivity contribution in [3.8, 4) is 17.6 Å². The van der Waals surface area contributed by atoms with E-state index < -0.39 is 0 Å². The number of carbonyl (C=O) groups is 1. The molecule has 0 atom stereocenters. The summed E-state index contributed by atoms with van der Waals surface area (Å²) >= 11 is 0. The topological polar surface area (TPSA) is 82.6 Å². The van der Waals surface area contributed by atoms with E-state index in [1.807, 2.05) is 12.1 Å². The monoisotopic (exact) mass is 371 g/mol. The maximum atomic E-state index is 12.7. The molecule has 27 heavy (non-hydrogen) atoms. The molecule has 1 aromatic carbocycles. The second-order valence-corrected chi connectivity index (χ2v) is 6.68. The second-order valence-electron chi connectivity index (χ2n) is 6.68. The quantitative estimate of drug-likeness (QED) is 0.806. The first-order valence-corrected chi connectivity index (χ1v) is 9.00. The summed E-state index contributed by atoms with van der Waals surface area (Å²) < 4.78 is 15.4. The first-order valence-electron chi connectivity index (χ1n) is 9.00. The Labute approximate surface area is 159 Å². The molecule has 0 spiro atoms. The first kappa shape index (κ1) is 18.9. The normalized spacial score (nSPS) is 15.2. The predicted molar refractivity (Wildman–Crippen MR) is 101 cm³/mol. The summed E-state index contributed by atoms with van der Waals surface area (Å²) in [7, 11) is 4.60. The Kier molecular flexibility index (Phi) is 5.78. The number of amides is 1. The number of hydrogen-bond acceptors (Lipinski definition) is 6. The van der Waals surface area contributed by atoms with Gasteiger partial charge in [0.15, 0.2) is 0 Å². The summed E-state index contributed by atoms with van der Waals surface area (Å²) in [5, 5.41) is 3.04. The molecule has 1 N–H and O–H groups in total. The number of carbonyl (C=O) groups excluding carboxylic acids is 1. The highest BCUT2D eigenvalue weighted by molar-refractivity contribution is 5.92. The zero-order valence-electron chi connectivity index (χ0n) is 15.9. The average molecular weight is 371 g/mol. The fourth-order valence-electron chi connectivity index (χ4n) is 3.62. The lowest BCUT2D eigenvalue weighted by Crippen LogP contribution is -2.39. The molecule has 3 rings (SSSR count). The van der Waals surface area contributed by atoms with Crippen LogP contribution in [0.5, 0.6) is 17.6 Å². The average Bonchev–Trinajstić information content (AvgIpc) is 3.21. The molecule has 1 saturated carbocycles. The summed E-state index contributed by atoms with van der Waals surface area (Å²) in [5.41, 5.74) is 1.38. The van der Waals surface area contributed by atoms with Gasteiger partial charge in [0, 0.05) is 18.0 Å². The number of methoxy groups -OCH3 is 3. The Hall–Kier alpha value is -2.83. The highest BCUT2D eigenvalue weighted by Crippen LogP contribution is 2.41. The van der Waals surface area contributed by atoms with Crippen LogP contribution in [0.3, 0.4) is 0 Å². The van der Waals surface area contributed by atoms with Crippen molar-refractivity contribution in [2.24, 2.45) is 0 Å². The van der Waals surface area contributed by atoms with Crippen molar-refractivity contribution in [3.05, 3.63) is 41.6 Å². The lowest BCUT2D eigenvalue weighted by Gasteiger charge is -2.30. The molecule has 1 aliphatic carbocycles. The SMILES string of the molecule is COc1ccc(C2(CNC(=O)c3cc(OC)nc(OC)n3)CCCC2)cc1. The minimum Gasteiger partial charge on any atom is -0.497 e. The summed E-state index contributed by atoms with van der Waals surface area (Å²) in [6.07, 6.45) is 4.38. The number of nitrogens with one attached hydrogen (secondary N) is 1.